The fourth-order valence-corrected chi connectivity index (χ4v) is 7.63. The van der Waals surface area contributed by atoms with E-state index in [2.05, 4.69) is 153 Å². The third-order valence-electron chi connectivity index (χ3n) is 9.83. The van der Waals surface area contributed by atoms with Gasteiger partial charge >= 0.3 is 0 Å². The zero-order valence-electron chi connectivity index (χ0n) is 27.6. The number of allylic oxidation sites excluding steroid dienone is 6. The molecule has 0 saturated carbocycles. The van der Waals surface area contributed by atoms with Crippen LogP contribution in [0, 0.1) is 0 Å². The Kier molecular flexibility index (Phi) is 9.57. The Hall–Kier alpha value is -4.19. The fraction of sp³-hybridized carbons (Fsp3) is 0.300. The molecule has 2 heterocycles. The Morgan fingerprint density at radius 3 is 2.15 bits per heavy atom. The number of anilines is 1. The molecule has 4 aromatic rings. The van der Waals surface area contributed by atoms with Gasteiger partial charge in [0.05, 0.1) is 5.41 Å². The maximum absolute atomic E-state index is 11.6. The predicted octanol–water partition coefficient (Wildman–Crippen LogP) is 5.35. The molecule has 0 spiro atoms. The maximum Gasteiger partial charge on any atom is 0.233 e. The molecule has 238 valence electrons. The average molecular weight is 633 g/mol. The minimum Gasteiger partial charge on any atom is -1.00 e. The standard InChI is InChI=1S/C40H44N4O.ClH/c1-39(2)34(43(5)32-25-23-28-16-11-13-18-30(28)37(32)39)20-8-6-9-21-35-40(3,4)38-31-19-14-12-17-29(31)24-26-33(38)44(35)27-15-7-10-22-36(45)42-41;/h6,8-9,11-14,16-21,23-26H,7,10,15,22,27,41H2,1-5H3;1H. The first-order valence-electron chi connectivity index (χ1n) is 16.1. The second-order valence-corrected chi connectivity index (χ2v) is 13.4. The summed E-state index contributed by atoms with van der Waals surface area (Å²) >= 11 is 0. The van der Waals surface area contributed by atoms with Gasteiger partial charge in [-0.25, -0.2) is 5.84 Å². The molecular weight excluding hydrogens is 588 g/mol. The molecule has 3 N–H and O–H groups in total. The molecule has 2 aliphatic rings. The number of hydrogen-bond acceptors (Lipinski definition) is 3. The Balaban J connectivity index is 0.00000417. The molecule has 46 heavy (non-hydrogen) atoms. The molecule has 0 atom stereocenters. The van der Waals surface area contributed by atoms with Crippen LogP contribution in [0.25, 0.3) is 21.5 Å². The van der Waals surface area contributed by atoms with E-state index >= 15 is 0 Å². The van der Waals surface area contributed by atoms with E-state index in [1.807, 2.05) is 0 Å². The molecule has 0 radical (unpaired) electrons. The number of hydrogen-bond donors (Lipinski definition) is 2. The number of nitrogens with one attached hydrogen (secondary N) is 1. The van der Waals surface area contributed by atoms with Crippen LogP contribution in [-0.4, -0.2) is 29.8 Å². The highest BCUT2D eigenvalue weighted by atomic mass is 35.5. The van der Waals surface area contributed by atoms with Crippen molar-refractivity contribution in [2.45, 2.75) is 64.2 Å². The van der Waals surface area contributed by atoms with Crippen molar-refractivity contribution in [1.29, 1.82) is 0 Å². The third kappa shape index (κ3) is 5.78. The van der Waals surface area contributed by atoms with E-state index < -0.39 is 0 Å². The summed E-state index contributed by atoms with van der Waals surface area (Å²) in [4.78, 5) is 14.1. The highest BCUT2D eigenvalue weighted by molar-refractivity contribution is 6.07. The summed E-state index contributed by atoms with van der Waals surface area (Å²) in [5.74, 6) is 5.16. The lowest BCUT2D eigenvalue weighted by Gasteiger charge is -2.27. The highest BCUT2D eigenvalue weighted by Crippen LogP contribution is 2.51. The maximum atomic E-state index is 11.6. The number of carbonyl (C=O) groups excluding carboxylic acids is 1. The largest absolute Gasteiger partial charge is 1.00 e. The second kappa shape index (κ2) is 13.3. The molecule has 1 amide bonds. The molecule has 2 aliphatic heterocycles. The molecule has 0 unspecified atom stereocenters. The lowest BCUT2D eigenvalue weighted by Crippen LogP contribution is -3.00. The first kappa shape index (κ1) is 33.2. The van der Waals surface area contributed by atoms with E-state index in [0.717, 1.165) is 25.8 Å². The monoisotopic (exact) mass is 632 g/mol. The first-order valence-corrected chi connectivity index (χ1v) is 16.1. The highest BCUT2D eigenvalue weighted by Gasteiger charge is 2.44. The number of carbonyl (C=O) groups is 1. The van der Waals surface area contributed by atoms with Crippen molar-refractivity contribution in [2.24, 2.45) is 5.84 Å². The van der Waals surface area contributed by atoms with Gasteiger partial charge in [-0.1, -0.05) is 93.1 Å². The number of hydrazine groups is 1. The van der Waals surface area contributed by atoms with Crippen LogP contribution in [-0.2, 0) is 15.6 Å². The van der Waals surface area contributed by atoms with Crippen molar-refractivity contribution in [3.05, 3.63) is 120 Å². The minimum absolute atomic E-state index is 0. The molecular formula is C40H45ClN4O. The van der Waals surface area contributed by atoms with Crippen LogP contribution in [0.2, 0.25) is 0 Å². The normalized spacial score (nSPS) is 17.3. The second-order valence-electron chi connectivity index (χ2n) is 13.4. The zero-order valence-corrected chi connectivity index (χ0v) is 28.4. The summed E-state index contributed by atoms with van der Waals surface area (Å²) in [6, 6.07) is 26.4. The van der Waals surface area contributed by atoms with Crippen molar-refractivity contribution in [3.63, 3.8) is 0 Å². The number of unbranched alkanes of at least 4 members (excludes halogenated alkanes) is 2. The molecule has 6 rings (SSSR count). The van der Waals surface area contributed by atoms with E-state index in [4.69, 9.17) is 5.84 Å². The van der Waals surface area contributed by atoms with Crippen molar-refractivity contribution in [1.82, 2.24) is 5.43 Å². The summed E-state index contributed by atoms with van der Waals surface area (Å²) in [5.41, 5.74) is 9.89. The van der Waals surface area contributed by atoms with Gasteiger partial charge in [-0.3, -0.25) is 10.2 Å². The molecule has 0 aromatic heterocycles. The van der Waals surface area contributed by atoms with Gasteiger partial charge in [0.1, 0.15) is 7.05 Å². The van der Waals surface area contributed by atoms with E-state index in [9.17, 15) is 4.79 Å². The van der Waals surface area contributed by atoms with Gasteiger partial charge in [0, 0.05) is 47.5 Å². The van der Waals surface area contributed by atoms with Gasteiger partial charge in [0.2, 0.25) is 11.6 Å². The van der Waals surface area contributed by atoms with Gasteiger partial charge in [-0.2, -0.15) is 4.58 Å². The van der Waals surface area contributed by atoms with Crippen LogP contribution in [0.5, 0.6) is 0 Å². The van der Waals surface area contributed by atoms with Crippen molar-refractivity contribution in [2.75, 3.05) is 18.5 Å². The first-order chi connectivity index (χ1) is 21.7. The van der Waals surface area contributed by atoms with Gasteiger partial charge in [0.15, 0.2) is 5.71 Å². The predicted molar refractivity (Wildman–Crippen MR) is 189 cm³/mol. The fourth-order valence-electron chi connectivity index (χ4n) is 7.63. The van der Waals surface area contributed by atoms with Gasteiger partial charge in [-0.05, 0) is 72.0 Å². The molecule has 4 aromatic carbocycles. The lowest BCUT2D eigenvalue weighted by atomic mass is 9.79. The summed E-state index contributed by atoms with van der Waals surface area (Å²) in [7, 11) is 2.18. The topological polar surface area (TPSA) is 61.4 Å². The van der Waals surface area contributed by atoms with E-state index in [1.54, 1.807) is 0 Å². The number of nitrogens with two attached hydrogens (primary N) is 1. The van der Waals surface area contributed by atoms with Crippen LogP contribution < -0.4 is 28.6 Å². The Morgan fingerprint density at radius 2 is 1.46 bits per heavy atom. The van der Waals surface area contributed by atoms with E-state index in [1.165, 1.54) is 55.5 Å². The molecule has 0 fully saturated rings. The quantitative estimate of drug-likeness (QED) is 0.0654. The molecule has 0 aliphatic carbocycles. The Labute approximate surface area is 279 Å². The number of halogens is 1. The number of amides is 1. The number of rotatable bonds is 9. The summed E-state index contributed by atoms with van der Waals surface area (Å²) in [6.07, 6.45) is 14.3. The third-order valence-corrected chi connectivity index (χ3v) is 9.83. The molecule has 0 saturated heterocycles. The lowest BCUT2D eigenvalue weighted by molar-refractivity contribution is -0.401. The number of nitrogens with zero attached hydrogens (tertiary/aromatic N) is 2. The van der Waals surface area contributed by atoms with E-state index in [-0.39, 0.29) is 29.1 Å². The van der Waals surface area contributed by atoms with Crippen LogP contribution in [0.15, 0.2) is 109 Å². The van der Waals surface area contributed by atoms with Gasteiger partial charge in [0.25, 0.3) is 0 Å². The van der Waals surface area contributed by atoms with Crippen molar-refractivity contribution in [3.8, 4) is 0 Å². The summed E-state index contributed by atoms with van der Waals surface area (Å²) < 4.78 is 2.34. The van der Waals surface area contributed by atoms with Gasteiger partial charge in [-0.15, -0.1) is 0 Å². The van der Waals surface area contributed by atoms with Crippen LogP contribution in [0.3, 0.4) is 0 Å². The van der Waals surface area contributed by atoms with Crippen LogP contribution >= 0.6 is 0 Å². The van der Waals surface area contributed by atoms with Crippen LogP contribution in [0.1, 0.15) is 64.5 Å². The smallest absolute Gasteiger partial charge is 0.233 e. The number of benzene rings is 4. The SMILES string of the molecule is C[N+]1=C(/C=C/C=C/C=C2\N(CCCCCC(=O)NN)c3ccc4ccccc4c3C2(C)C)C(C)(C)c2c1ccc1ccccc21.[Cl-]. The Morgan fingerprint density at radius 1 is 0.804 bits per heavy atom. The molecule has 5 nitrogen and oxygen atoms in total. The van der Waals surface area contributed by atoms with Crippen LogP contribution in [0.4, 0.5) is 11.4 Å². The van der Waals surface area contributed by atoms with E-state index in [0.29, 0.717) is 6.42 Å². The Bertz CT molecular complexity index is 1910. The van der Waals surface area contributed by atoms with Gasteiger partial charge < -0.3 is 17.3 Å². The number of fused-ring (bicyclic) bond motifs is 6. The minimum atomic E-state index is -0.158. The van der Waals surface area contributed by atoms with Crippen molar-refractivity contribution < 1.29 is 21.8 Å². The summed E-state index contributed by atoms with van der Waals surface area (Å²) in [6.45, 7) is 10.2. The molecule has 0 bridgehead atoms. The average Bonchev–Trinajstić information content (AvgIpc) is 3.38. The zero-order chi connectivity index (χ0) is 31.8. The molecule has 6 heteroatoms. The summed E-state index contributed by atoms with van der Waals surface area (Å²) in [5, 5.41) is 5.19. The van der Waals surface area contributed by atoms with Crippen molar-refractivity contribution >= 4 is 44.5 Å².